The van der Waals surface area contributed by atoms with Crippen LogP contribution in [0, 0.1) is 5.92 Å². The third-order valence-corrected chi connectivity index (χ3v) is 17.0. The van der Waals surface area contributed by atoms with Crippen molar-refractivity contribution < 1.29 is 14.6 Å². The molecule has 5 aromatic rings. The van der Waals surface area contributed by atoms with E-state index in [1.54, 1.807) is 18.5 Å². The van der Waals surface area contributed by atoms with E-state index in [1.165, 1.54) is 51.1 Å². The summed E-state index contributed by atoms with van der Waals surface area (Å²) in [6.45, 7) is 17.1. The second-order valence-electron chi connectivity index (χ2n) is 17.8. The van der Waals surface area contributed by atoms with E-state index in [1.807, 2.05) is 71.4 Å². The first kappa shape index (κ1) is 43.4. The molecule has 1 aliphatic heterocycles. The molecule has 0 saturated carbocycles. The van der Waals surface area contributed by atoms with Crippen LogP contribution in [0.5, 0.6) is 5.75 Å². The Bertz CT molecular complexity index is 2030. The number of piperidine rings is 1. The van der Waals surface area contributed by atoms with E-state index >= 15 is 0 Å². The molecule has 1 saturated heterocycles. The van der Waals surface area contributed by atoms with Crippen LogP contribution >= 0.6 is 0 Å². The molecule has 58 heavy (non-hydrogen) atoms. The molecule has 0 radical (unpaired) electrons. The number of H-pyrrole nitrogens is 1. The number of unbranched alkanes of at least 4 members (excludes halogenated alkanes) is 6. The molecule has 3 heterocycles. The Kier molecular flexibility index (Phi) is 14.8. The summed E-state index contributed by atoms with van der Waals surface area (Å²) in [7, 11) is -2.10. The van der Waals surface area contributed by atoms with Crippen LogP contribution < -0.4 is 10.9 Å². The smallest absolute Gasteiger partial charge is 0.248 e. The predicted octanol–water partition coefficient (Wildman–Crippen LogP) is 8.90. The number of nitrogens with zero attached hydrogens (tertiary/aromatic N) is 4. The molecule has 0 aliphatic carbocycles. The fourth-order valence-electron chi connectivity index (χ4n) is 7.98. The highest BCUT2D eigenvalue weighted by Gasteiger charge is 2.40. The van der Waals surface area contributed by atoms with Gasteiger partial charge in [-0.05, 0) is 105 Å². The molecule has 1 aliphatic rings. The van der Waals surface area contributed by atoms with Crippen LogP contribution in [0.1, 0.15) is 107 Å². The zero-order valence-corrected chi connectivity index (χ0v) is 36.4. The Morgan fingerprint density at radius 2 is 1.48 bits per heavy atom. The van der Waals surface area contributed by atoms with Crippen molar-refractivity contribution in [2.75, 3.05) is 32.7 Å². The standard InChI is InChI=1S/C47H66N6O4Si/c1-46(2,3)58(4,5)57-42(39-23-25-41(54)44-40(39)24-26-43(55)50-44)33-48-29-17-9-7-6-8-10-18-30-52-31-27-36(28-32-52)34-53-35-49-45(51-53)47(56,37-19-13-11-14-20-37)38-21-15-12-16-22-38/h11-16,19-26,35-36,42,48,54,56H,6-10,17-18,27-34H2,1-5H3,(H,50,55). The van der Waals surface area contributed by atoms with Gasteiger partial charge in [-0.2, -0.15) is 5.10 Å². The van der Waals surface area contributed by atoms with Crippen LogP contribution in [0.4, 0.5) is 0 Å². The first-order valence-electron chi connectivity index (χ1n) is 21.5. The molecule has 1 unspecified atom stereocenters. The van der Waals surface area contributed by atoms with Gasteiger partial charge in [0.05, 0.1) is 11.6 Å². The summed E-state index contributed by atoms with van der Waals surface area (Å²) < 4.78 is 8.87. The second kappa shape index (κ2) is 19.7. The van der Waals surface area contributed by atoms with Crippen molar-refractivity contribution in [3.63, 3.8) is 0 Å². The number of hydrogen-bond donors (Lipinski definition) is 4. The number of aromatic hydroxyl groups is 1. The Morgan fingerprint density at radius 1 is 0.862 bits per heavy atom. The lowest BCUT2D eigenvalue weighted by Gasteiger charge is -2.39. The van der Waals surface area contributed by atoms with Crippen LogP contribution in [0.2, 0.25) is 18.1 Å². The third-order valence-electron chi connectivity index (χ3n) is 12.6. The lowest BCUT2D eigenvalue weighted by Crippen LogP contribution is -2.43. The highest BCUT2D eigenvalue weighted by atomic mass is 28.4. The maximum absolute atomic E-state index is 12.0. The molecule has 10 nitrogen and oxygen atoms in total. The molecule has 1 atom stereocenters. The number of benzene rings is 3. The first-order valence-corrected chi connectivity index (χ1v) is 24.4. The van der Waals surface area contributed by atoms with E-state index in [0.29, 0.717) is 23.8 Å². The van der Waals surface area contributed by atoms with Crippen molar-refractivity contribution in [2.45, 2.75) is 115 Å². The molecule has 0 bridgehead atoms. The average molecular weight is 807 g/mol. The first-order chi connectivity index (χ1) is 27.8. The van der Waals surface area contributed by atoms with Gasteiger partial charge in [-0.15, -0.1) is 0 Å². The summed E-state index contributed by atoms with van der Waals surface area (Å²) in [6, 6.07) is 26.3. The van der Waals surface area contributed by atoms with Gasteiger partial charge in [-0.1, -0.05) is 120 Å². The van der Waals surface area contributed by atoms with Crippen LogP contribution in [0.15, 0.2) is 96.1 Å². The maximum Gasteiger partial charge on any atom is 0.248 e. The maximum atomic E-state index is 12.0. The Morgan fingerprint density at radius 3 is 2.12 bits per heavy atom. The number of pyridine rings is 1. The minimum Gasteiger partial charge on any atom is -0.506 e. The molecule has 1 fully saturated rings. The van der Waals surface area contributed by atoms with Crippen LogP contribution in [0.25, 0.3) is 10.9 Å². The van der Waals surface area contributed by atoms with Crippen molar-refractivity contribution in [3.05, 3.63) is 124 Å². The molecular weight excluding hydrogens is 741 g/mol. The van der Waals surface area contributed by atoms with Crippen molar-refractivity contribution >= 4 is 19.2 Å². The van der Waals surface area contributed by atoms with Crippen LogP contribution in [-0.4, -0.2) is 75.9 Å². The van der Waals surface area contributed by atoms with Gasteiger partial charge in [-0.25, -0.2) is 4.98 Å². The number of nitrogens with one attached hydrogen (secondary N) is 2. The minimum atomic E-state index is -2.10. The number of phenolic OH excluding ortho intramolecular Hbond substituents is 1. The lowest BCUT2D eigenvalue weighted by molar-refractivity contribution is 0.114. The Balaban J connectivity index is 0.864. The van der Waals surface area contributed by atoms with Crippen LogP contribution in [-0.2, 0) is 16.6 Å². The number of fused-ring (bicyclic) bond motifs is 1. The summed E-state index contributed by atoms with van der Waals surface area (Å²) in [5, 5.41) is 31.9. The zero-order chi connectivity index (χ0) is 41.2. The summed E-state index contributed by atoms with van der Waals surface area (Å²) in [5.41, 5.74) is 1.34. The fourth-order valence-corrected chi connectivity index (χ4v) is 9.25. The van der Waals surface area contributed by atoms with Gasteiger partial charge in [0.2, 0.25) is 5.56 Å². The SMILES string of the molecule is CC(C)(C)[Si](C)(C)OC(CNCCCCCCCCCN1CCC(Cn2cnc(C(O)(c3ccccc3)c3ccccc3)n2)CC1)c1ccc(O)c2[nH]c(=O)ccc12. The summed E-state index contributed by atoms with van der Waals surface area (Å²) in [6.07, 6.45) is 12.6. The second-order valence-corrected chi connectivity index (χ2v) is 22.6. The molecule has 0 spiro atoms. The molecular formula is C47H66N6O4Si. The summed E-state index contributed by atoms with van der Waals surface area (Å²) in [5.74, 6) is 1.04. The number of aromatic amines is 1. The van der Waals surface area contributed by atoms with Gasteiger partial charge < -0.3 is 29.8 Å². The molecule has 11 heteroatoms. The van der Waals surface area contributed by atoms with E-state index < -0.39 is 13.9 Å². The number of aliphatic hydroxyl groups is 1. The monoisotopic (exact) mass is 806 g/mol. The largest absolute Gasteiger partial charge is 0.506 e. The predicted molar refractivity (Wildman–Crippen MR) is 237 cm³/mol. The van der Waals surface area contributed by atoms with E-state index in [0.717, 1.165) is 67.5 Å². The van der Waals surface area contributed by atoms with Gasteiger partial charge in [0, 0.05) is 24.5 Å². The molecule has 0 amide bonds. The molecule has 312 valence electrons. The van der Waals surface area contributed by atoms with E-state index in [2.05, 4.69) is 54.0 Å². The minimum absolute atomic E-state index is 0.0529. The summed E-state index contributed by atoms with van der Waals surface area (Å²) >= 11 is 0. The van der Waals surface area contributed by atoms with Crippen molar-refractivity contribution in [1.29, 1.82) is 0 Å². The average Bonchev–Trinajstić information content (AvgIpc) is 3.69. The number of rotatable bonds is 20. The molecule has 3 aromatic carbocycles. The van der Waals surface area contributed by atoms with Crippen LogP contribution in [0.3, 0.4) is 0 Å². The van der Waals surface area contributed by atoms with Gasteiger partial charge in [0.15, 0.2) is 19.7 Å². The number of likely N-dealkylation sites (tertiary alicyclic amines) is 1. The third kappa shape index (κ3) is 10.9. The van der Waals surface area contributed by atoms with E-state index in [-0.39, 0.29) is 22.5 Å². The highest BCUT2D eigenvalue weighted by Crippen LogP contribution is 2.41. The van der Waals surface area contributed by atoms with Crippen molar-refractivity contribution in [3.8, 4) is 5.75 Å². The quantitative estimate of drug-likeness (QED) is 0.0454. The van der Waals surface area contributed by atoms with E-state index in [4.69, 9.17) is 9.52 Å². The van der Waals surface area contributed by atoms with Gasteiger partial charge in [0.25, 0.3) is 0 Å². The normalized spacial score (nSPS) is 15.3. The van der Waals surface area contributed by atoms with Crippen molar-refractivity contribution in [1.82, 2.24) is 30.0 Å². The molecule has 6 rings (SSSR count). The number of hydrogen-bond acceptors (Lipinski definition) is 8. The van der Waals surface area contributed by atoms with Gasteiger partial charge >= 0.3 is 0 Å². The fraction of sp³-hybridized carbons (Fsp3) is 0.511. The zero-order valence-electron chi connectivity index (χ0n) is 35.4. The van der Waals surface area contributed by atoms with Gasteiger partial charge in [0.1, 0.15) is 12.1 Å². The lowest BCUT2D eigenvalue weighted by atomic mass is 9.86. The molecule has 2 aromatic heterocycles. The van der Waals surface area contributed by atoms with Gasteiger partial charge in [-0.3, -0.25) is 9.48 Å². The summed E-state index contributed by atoms with van der Waals surface area (Å²) in [4.78, 5) is 22.1. The topological polar surface area (TPSA) is 129 Å². The number of aromatic nitrogens is 4. The highest BCUT2D eigenvalue weighted by molar-refractivity contribution is 6.74. The molecule has 4 N–H and O–H groups in total. The Hall–Kier alpha value is -4.13. The van der Waals surface area contributed by atoms with E-state index in [9.17, 15) is 15.0 Å². The Labute approximate surface area is 346 Å². The van der Waals surface area contributed by atoms with Crippen molar-refractivity contribution in [2.24, 2.45) is 5.92 Å². The number of phenols is 1.